The van der Waals surface area contributed by atoms with Gasteiger partial charge in [-0.3, -0.25) is 4.79 Å². The van der Waals surface area contributed by atoms with Gasteiger partial charge in [-0.05, 0) is 25.1 Å². The second-order valence-corrected chi connectivity index (χ2v) is 3.90. The Labute approximate surface area is 91.5 Å². The van der Waals surface area contributed by atoms with E-state index in [1.165, 1.54) is 6.07 Å². The molecule has 1 aromatic rings. The lowest BCUT2D eigenvalue weighted by molar-refractivity contribution is 0.0799. The van der Waals surface area contributed by atoms with Gasteiger partial charge in [0.05, 0.1) is 5.56 Å². The third-order valence-corrected chi connectivity index (χ3v) is 2.50. The summed E-state index contributed by atoms with van der Waals surface area (Å²) in [5, 5.41) is 9.48. The summed E-state index contributed by atoms with van der Waals surface area (Å²) in [6, 6.07) is 4.81. The molecule has 1 rings (SSSR count). The van der Waals surface area contributed by atoms with Crippen molar-refractivity contribution >= 4 is 21.8 Å². The summed E-state index contributed by atoms with van der Waals surface area (Å²) in [6.45, 7) is 2.50. The standard InChI is InChI=1S/C10H12BrNO2/c1-3-12(2)10(14)8-6-7(11)4-5-9(8)13/h4-6,13H,3H2,1-2H3. The molecule has 0 fully saturated rings. The molecule has 76 valence electrons. The average Bonchev–Trinajstić information content (AvgIpc) is 2.19. The highest BCUT2D eigenvalue weighted by atomic mass is 79.9. The first-order chi connectivity index (χ1) is 6.56. The van der Waals surface area contributed by atoms with Crippen LogP contribution in [0.15, 0.2) is 22.7 Å². The van der Waals surface area contributed by atoms with E-state index in [0.717, 1.165) is 4.47 Å². The lowest BCUT2D eigenvalue weighted by Gasteiger charge is -2.15. The predicted molar refractivity (Wildman–Crippen MR) is 58.4 cm³/mol. The Morgan fingerprint density at radius 2 is 2.21 bits per heavy atom. The Balaban J connectivity index is 3.06. The van der Waals surface area contributed by atoms with Crippen molar-refractivity contribution in [3.63, 3.8) is 0 Å². The molecule has 1 N–H and O–H groups in total. The number of hydrogen-bond acceptors (Lipinski definition) is 2. The minimum atomic E-state index is -0.175. The molecule has 0 aliphatic rings. The molecule has 0 aliphatic heterocycles. The van der Waals surface area contributed by atoms with Gasteiger partial charge in [-0.1, -0.05) is 15.9 Å². The molecule has 1 aromatic carbocycles. The van der Waals surface area contributed by atoms with Crippen LogP contribution in [0.1, 0.15) is 17.3 Å². The molecule has 3 nitrogen and oxygen atoms in total. The molecular weight excluding hydrogens is 246 g/mol. The van der Waals surface area contributed by atoms with Crippen LogP contribution >= 0.6 is 15.9 Å². The summed E-state index contributed by atoms with van der Waals surface area (Å²) in [5.41, 5.74) is 0.323. The van der Waals surface area contributed by atoms with Crippen LogP contribution in [-0.4, -0.2) is 29.5 Å². The molecule has 0 aromatic heterocycles. The van der Waals surface area contributed by atoms with Crippen molar-refractivity contribution in [2.75, 3.05) is 13.6 Å². The van der Waals surface area contributed by atoms with Crippen molar-refractivity contribution < 1.29 is 9.90 Å². The van der Waals surface area contributed by atoms with Crippen molar-refractivity contribution in [3.8, 4) is 5.75 Å². The van der Waals surface area contributed by atoms with Gasteiger partial charge in [0.2, 0.25) is 0 Å². The second kappa shape index (κ2) is 4.46. The zero-order valence-electron chi connectivity index (χ0n) is 8.12. The molecule has 0 atom stereocenters. The zero-order chi connectivity index (χ0) is 10.7. The fourth-order valence-electron chi connectivity index (χ4n) is 1.03. The van der Waals surface area contributed by atoms with Gasteiger partial charge in [-0.2, -0.15) is 0 Å². The van der Waals surface area contributed by atoms with E-state index in [9.17, 15) is 9.90 Å². The molecule has 0 saturated heterocycles. The summed E-state index contributed by atoms with van der Waals surface area (Å²) in [5.74, 6) is -0.162. The molecule has 4 heteroatoms. The fourth-order valence-corrected chi connectivity index (χ4v) is 1.39. The predicted octanol–water partition coefficient (Wildman–Crippen LogP) is 2.25. The molecule has 14 heavy (non-hydrogen) atoms. The highest BCUT2D eigenvalue weighted by Crippen LogP contribution is 2.22. The van der Waals surface area contributed by atoms with Crippen molar-refractivity contribution in [2.24, 2.45) is 0 Å². The number of rotatable bonds is 2. The van der Waals surface area contributed by atoms with Crippen LogP contribution in [0.25, 0.3) is 0 Å². The van der Waals surface area contributed by atoms with Crippen LogP contribution in [0, 0.1) is 0 Å². The fraction of sp³-hybridized carbons (Fsp3) is 0.300. The highest BCUT2D eigenvalue weighted by Gasteiger charge is 2.14. The number of halogens is 1. The minimum absolute atomic E-state index is 0.0125. The Bertz CT molecular complexity index is 352. The van der Waals surface area contributed by atoms with E-state index < -0.39 is 0 Å². The number of nitrogens with zero attached hydrogens (tertiary/aromatic N) is 1. The van der Waals surface area contributed by atoms with Gasteiger partial charge in [0, 0.05) is 18.1 Å². The van der Waals surface area contributed by atoms with E-state index >= 15 is 0 Å². The largest absolute Gasteiger partial charge is 0.507 e. The number of benzene rings is 1. The molecule has 0 saturated carbocycles. The third kappa shape index (κ3) is 2.26. The van der Waals surface area contributed by atoms with Gasteiger partial charge in [-0.15, -0.1) is 0 Å². The van der Waals surface area contributed by atoms with Gasteiger partial charge in [0.1, 0.15) is 5.75 Å². The molecule has 0 heterocycles. The van der Waals surface area contributed by atoms with E-state index in [1.54, 1.807) is 24.1 Å². The minimum Gasteiger partial charge on any atom is -0.507 e. The van der Waals surface area contributed by atoms with E-state index in [4.69, 9.17) is 0 Å². The maximum absolute atomic E-state index is 11.7. The van der Waals surface area contributed by atoms with Gasteiger partial charge < -0.3 is 10.0 Å². The Morgan fingerprint density at radius 1 is 1.57 bits per heavy atom. The Morgan fingerprint density at radius 3 is 2.79 bits per heavy atom. The first kappa shape index (κ1) is 11.0. The normalized spacial score (nSPS) is 9.93. The molecule has 0 spiro atoms. The number of aromatic hydroxyl groups is 1. The summed E-state index contributed by atoms with van der Waals surface area (Å²) in [4.78, 5) is 13.2. The maximum atomic E-state index is 11.7. The quantitative estimate of drug-likeness (QED) is 0.883. The van der Waals surface area contributed by atoms with E-state index in [-0.39, 0.29) is 11.7 Å². The molecular formula is C10H12BrNO2. The van der Waals surface area contributed by atoms with Crippen LogP contribution in [0.5, 0.6) is 5.75 Å². The summed E-state index contributed by atoms with van der Waals surface area (Å²) in [6.07, 6.45) is 0. The number of carbonyl (C=O) groups is 1. The van der Waals surface area contributed by atoms with Crippen LogP contribution < -0.4 is 0 Å². The average molecular weight is 258 g/mol. The summed E-state index contributed by atoms with van der Waals surface area (Å²) < 4.78 is 0.781. The van der Waals surface area contributed by atoms with E-state index in [1.807, 2.05) is 6.92 Å². The first-order valence-corrected chi connectivity index (χ1v) is 5.09. The van der Waals surface area contributed by atoms with Crippen LogP contribution in [-0.2, 0) is 0 Å². The maximum Gasteiger partial charge on any atom is 0.257 e. The first-order valence-electron chi connectivity index (χ1n) is 4.30. The topological polar surface area (TPSA) is 40.5 Å². The number of amides is 1. The Hall–Kier alpha value is -1.03. The monoisotopic (exact) mass is 257 g/mol. The molecule has 1 amide bonds. The van der Waals surface area contributed by atoms with Crippen molar-refractivity contribution in [1.82, 2.24) is 4.90 Å². The van der Waals surface area contributed by atoms with Gasteiger partial charge in [0.25, 0.3) is 5.91 Å². The van der Waals surface area contributed by atoms with Gasteiger partial charge in [-0.25, -0.2) is 0 Å². The van der Waals surface area contributed by atoms with Gasteiger partial charge >= 0.3 is 0 Å². The van der Waals surface area contributed by atoms with E-state index in [2.05, 4.69) is 15.9 Å². The van der Waals surface area contributed by atoms with Crippen molar-refractivity contribution in [3.05, 3.63) is 28.2 Å². The molecule has 0 bridgehead atoms. The third-order valence-electron chi connectivity index (χ3n) is 2.01. The van der Waals surface area contributed by atoms with Gasteiger partial charge in [0.15, 0.2) is 0 Å². The smallest absolute Gasteiger partial charge is 0.257 e. The number of phenols is 1. The molecule has 0 aliphatic carbocycles. The zero-order valence-corrected chi connectivity index (χ0v) is 9.71. The van der Waals surface area contributed by atoms with E-state index in [0.29, 0.717) is 12.1 Å². The summed E-state index contributed by atoms with van der Waals surface area (Å²) >= 11 is 3.25. The van der Waals surface area contributed by atoms with Crippen LogP contribution in [0.3, 0.4) is 0 Å². The lowest BCUT2D eigenvalue weighted by Crippen LogP contribution is -2.26. The van der Waals surface area contributed by atoms with Crippen LogP contribution in [0.2, 0.25) is 0 Å². The number of hydrogen-bond donors (Lipinski definition) is 1. The summed E-state index contributed by atoms with van der Waals surface area (Å²) in [7, 11) is 1.70. The van der Waals surface area contributed by atoms with Crippen LogP contribution in [0.4, 0.5) is 0 Å². The second-order valence-electron chi connectivity index (χ2n) is 2.98. The van der Waals surface area contributed by atoms with Crippen molar-refractivity contribution in [1.29, 1.82) is 0 Å². The molecule has 0 radical (unpaired) electrons. The SMILES string of the molecule is CCN(C)C(=O)c1cc(Br)ccc1O. The number of carbonyl (C=O) groups excluding carboxylic acids is 1. The Kier molecular flexibility index (Phi) is 3.52. The molecule has 0 unspecified atom stereocenters. The van der Waals surface area contributed by atoms with Crippen molar-refractivity contribution in [2.45, 2.75) is 6.92 Å². The highest BCUT2D eigenvalue weighted by molar-refractivity contribution is 9.10. The number of phenolic OH excluding ortho intramolecular Hbond substituents is 1. The lowest BCUT2D eigenvalue weighted by atomic mass is 10.2.